The summed E-state index contributed by atoms with van der Waals surface area (Å²) in [5.74, 6) is -0.682. The number of hydrogen-bond donors (Lipinski definition) is 1. The Morgan fingerprint density at radius 1 is 1.36 bits per heavy atom. The molecule has 0 saturated heterocycles. The summed E-state index contributed by atoms with van der Waals surface area (Å²) >= 11 is 2.12. The fraction of sp³-hybridized carbons (Fsp3) is 0.875. The molecule has 0 rings (SSSR count). The van der Waals surface area contributed by atoms with Crippen LogP contribution in [0.1, 0.15) is 39.5 Å². The first-order valence-electron chi connectivity index (χ1n) is 4.05. The van der Waals surface area contributed by atoms with Crippen LogP contribution in [0.4, 0.5) is 0 Å². The van der Waals surface area contributed by atoms with E-state index in [-0.39, 0.29) is 0 Å². The maximum absolute atomic E-state index is 9.87. The number of unbranched alkanes of at least 4 members (excludes halogenated alkanes) is 2. The summed E-state index contributed by atoms with van der Waals surface area (Å²) < 4.78 is 1.25. The molecule has 1 N–H and O–H groups in total. The molecule has 0 aliphatic rings. The van der Waals surface area contributed by atoms with Crippen LogP contribution < -0.4 is 0 Å². The molecule has 0 radical (unpaired) electrons. The second-order valence-corrected chi connectivity index (χ2v) is 3.31. The van der Waals surface area contributed by atoms with Crippen LogP contribution in [0.15, 0.2) is 0 Å². The van der Waals surface area contributed by atoms with Crippen LogP contribution in [-0.4, -0.2) is 11.1 Å². The summed E-state index contributed by atoms with van der Waals surface area (Å²) in [7, 11) is 0. The van der Waals surface area contributed by atoms with E-state index in [0.717, 1.165) is 19.3 Å². The fourth-order valence-corrected chi connectivity index (χ4v) is 0.526. The topological polar surface area (TPSA) is 37.3 Å². The summed E-state index contributed by atoms with van der Waals surface area (Å²) in [6.45, 7) is 4.18. The molecule has 0 aromatic heterocycles. The Morgan fingerprint density at radius 3 is 2.09 bits per heavy atom. The second-order valence-electron chi connectivity index (χ2n) is 2.20. The Hall–Kier alpha value is 0.184. The van der Waals surface area contributed by atoms with E-state index < -0.39 is 5.97 Å². The Balaban J connectivity index is 0. The maximum atomic E-state index is 9.87. The SMILES string of the molecule is CCCCCC(=O)O.C[CH2][Ti]. The monoisotopic (exact) mass is 193 g/mol. The molecule has 0 bridgehead atoms. The van der Waals surface area contributed by atoms with Crippen molar-refractivity contribution in [3.63, 3.8) is 0 Å². The molecular formula is C8H17O2Ti. The van der Waals surface area contributed by atoms with Gasteiger partial charge in [0.15, 0.2) is 0 Å². The Kier molecular flexibility index (Phi) is 16.0. The van der Waals surface area contributed by atoms with Gasteiger partial charge in [0, 0.05) is 6.42 Å². The molecule has 3 heteroatoms. The predicted octanol–water partition coefficient (Wildman–Crippen LogP) is 2.62. The molecule has 0 aliphatic carbocycles. The first-order valence-corrected chi connectivity index (χ1v) is 5.15. The standard InChI is InChI=1S/C6H12O2.C2H5.Ti/c1-2-3-4-5-6(7)8;1-2;/h2-5H2,1H3,(H,7,8);1H2,2H3;. The third-order valence-corrected chi connectivity index (χ3v) is 0.994. The first kappa shape index (κ1) is 13.8. The minimum absolute atomic E-state index is 0.327. The van der Waals surface area contributed by atoms with Gasteiger partial charge in [0.05, 0.1) is 0 Å². The van der Waals surface area contributed by atoms with Crippen molar-refractivity contribution in [2.75, 3.05) is 0 Å². The molecule has 0 spiro atoms. The molecule has 0 amide bonds. The number of hydrogen-bond acceptors (Lipinski definition) is 1. The molecule has 0 heterocycles. The molecule has 0 fully saturated rings. The number of rotatable bonds is 4. The van der Waals surface area contributed by atoms with E-state index in [9.17, 15) is 4.79 Å². The van der Waals surface area contributed by atoms with Gasteiger partial charge < -0.3 is 5.11 Å². The molecule has 0 atom stereocenters. The van der Waals surface area contributed by atoms with Gasteiger partial charge in [-0.2, -0.15) is 0 Å². The van der Waals surface area contributed by atoms with Crippen molar-refractivity contribution in [1.29, 1.82) is 0 Å². The Bertz CT molecular complexity index is 84.2. The van der Waals surface area contributed by atoms with Crippen molar-refractivity contribution >= 4 is 5.97 Å². The van der Waals surface area contributed by atoms with Crippen LogP contribution in [0.5, 0.6) is 0 Å². The number of carboxylic acid groups (broad SMARTS) is 1. The van der Waals surface area contributed by atoms with Gasteiger partial charge in [0.25, 0.3) is 0 Å². The number of carbonyl (C=O) groups is 1. The van der Waals surface area contributed by atoms with Crippen molar-refractivity contribution in [2.45, 2.75) is 44.3 Å². The van der Waals surface area contributed by atoms with E-state index in [1.807, 2.05) is 0 Å². The zero-order chi connectivity index (χ0) is 9.11. The van der Waals surface area contributed by atoms with Crippen LogP contribution in [0.25, 0.3) is 0 Å². The third-order valence-electron chi connectivity index (χ3n) is 0.994. The van der Waals surface area contributed by atoms with Crippen LogP contribution >= 0.6 is 0 Å². The van der Waals surface area contributed by atoms with Gasteiger partial charge in [-0.25, -0.2) is 0 Å². The molecule has 65 valence electrons. The van der Waals surface area contributed by atoms with E-state index in [2.05, 4.69) is 34.3 Å². The summed E-state index contributed by atoms with van der Waals surface area (Å²) in [5.41, 5.74) is 0. The van der Waals surface area contributed by atoms with Gasteiger partial charge in [0.2, 0.25) is 0 Å². The molecular weight excluding hydrogens is 176 g/mol. The van der Waals surface area contributed by atoms with Crippen molar-refractivity contribution < 1.29 is 30.3 Å². The third kappa shape index (κ3) is 25.4. The minimum atomic E-state index is -0.682. The van der Waals surface area contributed by atoms with Gasteiger partial charge in [-0.15, -0.1) is 0 Å². The summed E-state index contributed by atoms with van der Waals surface area (Å²) in [4.78, 5) is 9.87. The summed E-state index contributed by atoms with van der Waals surface area (Å²) in [5, 5.41) is 8.14. The molecule has 0 aliphatic heterocycles. The average Bonchev–Trinajstić information content (AvgIpc) is 1.89. The molecule has 11 heavy (non-hydrogen) atoms. The zero-order valence-corrected chi connectivity index (χ0v) is 8.95. The van der Waals surface area contributed by atoms with E-state index in [1.54, 1.807) is 0 Å². The van der Waals surface area contributed by atoms with Crippen LogP contribution in [0, 0.1) is 0 Å². The van der Waals surface area contributed by atoms with Crippen LogP contribution in [0.2, 0.25) is 4.73 Å². The quantitative estimate of drug-likeness (QED) is 0.550. The van der Waals surface area contributed by atoms with Crippen molar-refractivity contribution in [3.05, 3.63) is 0 Å². The van der Waals surface area contributed by atoms with Crippen molar-refractivity contribution in [1.82, 2.24) is 0 Å². The number of aliphatic carboxylic acids is 1. The molecule has 2 nitrogen and oxygen atoms in total. The van der Waals surface area contributed by atoms with Gasteiger partial charge in [0.1, 0.15) is 0 Å². The van der Waals surface area contributed by atoms with Gasteiger partial charge in [-0.1, -0.05) is 19.8 Å². The fourth-order valence-electron chi connectivity index (χ4n) is 0.526. The van der Waals surface area contributed by atoms with E-state index in [0.29, 0.717) is 6.42 Å². The van der Waals surface area contributed by atoms with Gasteiger partial charge in [-0.3, -0.25) is 4.79 Å². The van der Waals surface area contributed by atoms with Crippen LogP contribution in [0.3, 0.4) is 0 Å². The van der Waals surface area contributed by atoms with Crippen LogP contribution in [-0.2, 0) is 25.2 Å². The average molecular weight is 193 g/mol. The van der Waals surface area contributed by atoms with E-state index in [4.69, 9.17) is 5.11 Å². The molecule has 0 saturated carbocycles. The van der Waals surface area contributed by atoms with E-state index >= 15 is 0 Å². The van der Waals surface area contributed by atoms with Crippen molar-refractivity contribution in [3.8, 4) is 0 Å². The zero-order valence-electron chi connectivity index (χ0n) is 7.39. The molecule has 0 aromatic rings. The molecule has 0 unspecified atom stereocenters. The van der Waals surface area contributed by atoms with E-state index in [1.165, 1.54) is 4.73 Å². The number of carboxylic acids is 1. The van der Waals surface area contributed by atoms with Gasteiger partial charge in [-0.05, 0) is 6.42 Å². The normalized spacial score (nSPS) is 8.09. The van der Waals surface area contributed by atoms with Crippen molar-refractivity contribution in [2.24, 2.45) is 0 Å². The first-order chi connectivity index (χ1) is 5.18. The summed E-state index contributed by atoms with van der Waals surface area (Å²) in [6, 6.07) is 0. The summed E-state index contributed by atoms with van der Waals surface area (Å²) in [6.07, 6.45) is 3.28. The molecule has 0 aromatic carbocycles. The Labute approximate surface area is 80.8 Å². The second kappa shape index (κ2) is 12.8. The predicted molar refractivity (Wildman–Crippen MR) is 42.3 cm³/mol. The van der Waals surface area contributed by atoms with Gasteiger partial charge >= 0.3 is 38.1 Å². The Morgan fingerprint density at radius 2 is 1.82 bits per heavy atom.